The Labute approximate surface area is 101 Å². The fraction of sp³-hybridized carbons (Fsp3) is 0.636. The first-order valence-electron chi connectivity index (χ1n) is 5.49. The van der Waals surface area contributed by atoms with E-state index in [-0.39, 0.29) is 11.7 Å². The number of thiophene rings is 1. The number of rotatable bonds is 1. The molecule has 1 aliphatic carbocycles. The van der Waals surface area contributed by atoms with Crippen LogP contribution >= 0.6 is 11.3 Å². The fourth-order valence-corrected chi connectivity index (χ4v) is 4.24. The molecular weight excluding hydrogens is 251 g/mol. The third-order valence-corrected chi connectivity index (χ3v) is 4.98. The van der Waals surface area contributed by atoms with Crippen LogP contribution < -0.4 is 10.1 Å². The van der Waals surface area contributed by atoms with Crippen molar-refractivity contribution in [1.82, 2.24) is 5.32 Å². The molecule has 2 nitrogen and oxygen atoms in total. The number of methoxy groups -OCH3 is 1. The van der Waals surface area contributed by atoms with Crippen LogP contribution in [-0.2, 0) is 12.6 Å². The maximum Gasteiger partial charge on any atom is 0.429 e. The fourth-order valence-electron chi connectivity index (χ4n) is 2.88. The van der Waals surface area contributed by atoms with Crippen molar-refractivity contribution in [1.29, 1.82) is 0 Å². The average molecular weight is 263 g/mol. The van der Waals surface area contributed by atoms with Gasteiger partial charge in [-0.25, -0.2) is 0 Å². The molecule has 0 radical (unpaired) electrons. The summed E-state index contributed by atoms with van der Waals surface area (Å²) < 4.78 is 43.5. The Morgan fingerprint density at radius 2 is 2.12 bits per heavy atom. The molecule has 2 heterocycles. The average Bonchev–Trinajstić information content (AvgIpc) is 2.83. The van der Waals surface area contributed by atoms with E-state index < -0.39 is 11.1 Å². The predicted octanol–water partition coefficient (Wildman–Crippen LogP) is 2.63. The lowest BCUT2D eigenvalue weighted by Gasteiger charge is -2.10. The Hall–Kier alpha value is -0.750. The zero-order valence-electron chi connectivity index (χ0n) is 9.23. The number of fused-ring (bicyclic) bond motifs is 3. The summed E-state index contributed by atoms with van der Waals surface area (Å²) in [7, 11) is 1.32. The Bertz CT molecular complexity index is 454. The van der Waals surface area contributed by atoms with Crippen molar-refractivity contribution >= 4 is 11.3 Å². The molecule has 2 unspecified atom stereocenters. The molecule has 3 rings (SSSR count). The molecule has 0 saturated carbocycles. The van der Waals surface area contributed by atoms with Crippen LogP contribution in [0.1, 0.15) is 21.2 Å². The molecule has 0 spiro atoms. The Morgan fingerprint density at radius 1 is 1.35 bits per heavy atom. The largest absolute Gasteiger partial charge is 0.495 e. The molecule has 2 atom stereocenters. The van der Waals surface area contributed by atoms with E-state index in [0.717, 1.165) is 34.9 Å². The lowest BCUT2D eigenvalue weighted by Crippen LogP contribution is -2.10. The van der Waals surface area contributed by atoms with Gasteiger partial charge in [0, 0.05) is 22.9 Å². The minimum Gasteiger partial charge on any atom is -0.495 e. The van der Waals surface area contributed by atoms with Gasteiger partial charge in [0.1, 0.15) is 5.75 Å². The van der Waals surface area contributed by atoms with Gasteiger partial charge in [0.25, 0.3) is 0 Å². The van der Waals surface area contributed by atoms with Gasteiger partial charge in [-0.05, 0) is 18.9 Å². The van der Waals surface area contributed by atoms with Gasteiger partial charge in [-0.15, -0.1) is 11.3 Å². The summed E-state index contributed by atoms with van der Waals surface area (Å²) in [5.74, 6) is 0.763. The van der Waals surface area contributed by atoms with Gasteiger partial charge in [0.15, 0.2) is 4.88 Å². The maximum atomic E-state index is 12.8. The molecule has 0 bridgehead atoms. The predicted molar refractivity (Wildman–Crippen MR) is 58.7 cm³/mol. The van der Waals surface area contributed by atoms with E-state index in [1.807, 2.05) is 0 Å². The molecule has 94 valence electrons. The SMILES string of the molecule is COc1c(C(F)(F)F)sc2c1CC1CNCC21. The topological polar surface area (TPSA) is 21.3 Å². The van der Waals surface area contributed by atoms with Crippen molar-refractivity contribution in [3.05, 3.63) is 15.3 Å². The van der Waals surface area contributed by atoms with E-state index in [0.29, 0.717) is 12.3 Å². The van der Waals surface area contributed by atoms with Crippen molar-refractivity contribution in [3.8, 4) is 5.75 Å². The van der Waals surface area contributed by atoms with E-state index in [2.05, 4.69) is 5.32 Å². The van der Waals surface area contributed by atoms with E-state index in [4.69, 9.17) is 4.74 Å². The van der Waals surface area contributed by atoms with Gasteiger partial charge in [0.05, 0.1) is 7.11 Å². The molecule has 2 aliphatic rings. The van der Waals surface area contributed by atoms with Crippen LogP contribution in [0.3, 0.4) is 0 Å². The van der Waals surface area contributed by atoms with Gasteiger partial charge in [-0.3, -0.25) is 0 Å². The zero-order valence-corrected chi connectivity index (χ0v) is 10.0. The molecule has 1 aliphatic heterocycles. The van der Waals surface area contributed by atoms with Crippen molar-refractivity contribution in [2.24, 2.45) is 5.92 Å². The monoisotopic (exact) mass is 263 g/mol. The normalized spacial score (nSPS) is 27.1. The molecule has 1 N–H and O–H groups in total. The summed E-state index contributed by atoms with van der Waals surface area (Å²) in [5.41, 5.74) is 0.793. The van der Waals surface area contributed by atoms with Gasteiger partial charge < -0.3 is 10.1 Å². The van der Waals surface area contributed by atoms with E-state index in [1.165, 1.54) is 7.11 Å². The Kier molecular flexibility index (Phi) is 2.42. The highest BCUT2D eigenvalue weighted by Gasteiger charge is 2.45. The van der Waals surface area contributed by atoms with Crippen molar-refractivity contribution < 1.29 is 17.9 Å². The first-order chi connectivity index (χ1) is 8.02. The first kappa shape index (κ1) is 11.3. The molecule has 6 heteroatoms. The summed E-state index contributed by atoms with van der Waals surface area (Å²) in [6, 6.07) is 0. The minimum absolute atomic E-state index is 0.0619. The first-order valence-corrected chi connectivity index (χ1v) is 6.31. The number of hydrogen-bond donors (Lipinski definition) is 1. The number of halogens is 3. The smallest absolute Gasteiger partial charge is 0.429 e. The van der Waals surface area contributed by atoms with Gasteiger partial charge in [0.2, 0.25) is 0 Å². The van der Waals surface area contributed by atoms with Crippen LogP contribution in [0.2, 0.25) is 0 Å². The van der Waals surface area contributed by atoms with Crippen molar-refractivity contribution in [2.75, 3.05) is 20.2 Å². The lowest BCUT2D eigenvalue weighted by atomic mass is 10.0. The quantitative estimate of drug-likeness (QED) is 0.841. The van der Waals surface area contributed by atoms with E-state index in [9.17, 15) is 13.2 Å². The Balaban J connectivity index is 2.09. The third-order valence-electron chi connectivity index (χ3n) is 3.59. The second kappa shape index (κ2) is 3.62. The lowest BCUT2D eigenvalue weighted by molar-refractivity contribution is -0.135. The summed E-state index contributed by atoms with van der Waals surface area (Å²) in [5, 5.41) is 3.24. The molecule has 1 fully saturated rings. The van der Waals surface area contributed by atoms with Crippen LogP contribution in [0.5, 0.6) is 5.75 Å². The zero-order chi connectivity index (χ0) is 12.2. The van der Waals surface area contributed by atoms with Crippen LogP contribution in [0.15, 0.2) is 0 Å². The number of nitrogens with one attached hydrogen (secondary N) is 1. The second-order valence-electron chi connectivity index (χ2n) is 4.53. The molecule has 1 aromatic rings. The minimum atomic E-state index is -4.30. The van der Waals surface area contributed by atoms with Gasteiger partial charge in [-0.2, -0.15) is 13.2 Å². The summed E-state index contributed by atoms with van der Waals surface area (Å²) >= 11 is 0.867. The van der Waals surface area contributed by atoms with Crippen LogP contribution in [0.4, 0.5) is 13.2 Å². The summed E-state index contributed by atoms with van der Waals surface area (Å²) in [4.78, 5) is 0.305. The highest BCUT2D eigenvalue weighted by Crippen LogP contribution is 2.54. The molecule has 17 heavy (non-hydrogen) atoms. The highest BCUT2D eigenvalue weighted by molar-refractivity contribution is 7.12. The van der Waals surface area contributed by atoms with Crippen LogP contribution in [0, 0.1) is 5.92 Å². The van der Waals surface area contributed by atoms with Crippen LogP contribution in [0.25, 0.3) is 0 Å². The van der Waals surface area contributed by atoms with Crippen LogP contribution in [-0.4, -0.2) is 20.2 Å². The van der Waals surface area contributed by atoms with E-state index >= 15 is 0 Å². The molecule has 0 aromatic carbocycles. The maximum absolute atomic E-state index is 12.8. The third kappa shape index (κ3) is 1.57. The molecule has 0 amide bonds. The van der Waals surface area contributed by atoms with Crippen molar-refractivity contribution in [3.63, 3.8) is 0 Å². The second-order valence-corrected chi connectivity index (χ2v) is 5.59. The van der Waals surface area contributed by atoms with Gasteiger partial charge in [-0.1, -0.05) is 0 Å². The summed E-state index contributed by atoms with van der Waals surface area (Å²) in [6.07, 6.45) is -3.59. The number of alkyl halides is 3. The molecular formula is C11H12F3NOS. The van der Waals surface area contributed by atoms with Crippen molar-refractivity contribution in [2.45, 2.75) is 18.5 Å². The van der Waals surface area contributed by atoms with E-state index in [1.54, 1.807) is 0 Å². The standard InChI is InChI=1S/C11H12F3NOS/c1-16-8-6-2-5-3-15-4-7(5)9(6)17-10(8)11(12,13)14/h5,7,15H,2-4H2,1H3. The highest BCUT2D eigenvalue weighted by atomic mass is 32.1. The Morgan fingerprint density at radius 3 is 2.76 bits per heavy atom. The number of ether oxygens (including phenoxy) is 1. The summed E-state index contributed by atoms with van der Waals surface area (Å²) in [6.45, 7) is 1.69. The van der Waals surface area contributed by atoms with Gasteiger partial charge >= 0.3 is 6.18 Å². The number of hydrogen-bond acceptors (Lipinski definition) is 3. The molecule has 1 saturated heterocycles. The molecule has 1 aromatic heterocycles.